The van der Waals surface area contributed by atoms with E-state index < -0.39 is 0 Å². The summed E-state index contributed by atoms with van der Waals surface area (Å²) in [4.78, 5) is 4.16. The molecule has 1 aromatic heterocycles. The molecule has 0 aliphatic rings. The molecule has 0 aliphatic heterocycles. The fourth-order valence-electron chi connectivity index (χ4n) is 1.86. The lowest BCUT2D eigenvalue weighted by Gasteiger charge is -2.14. The van der Waals surface area contributed by atoms with Gasteiger partial charge in [-0.15, -0.1) is 0 Å². The van der Waals surface area contributed by atoms with E-state index in [9.17, 15) is 0 Å². The first kappa shape index (κ1) is 13.3. The molecule has 1 aromatic carbocycles. The van der Waals surface area contributed by atoms with Gasteiger partial charge in [-0.1, -0.05) is 29.3 Å². The molecule has 1 heterocycles. The summed E-state index contributed by atoms with van der Waals surface area (Å²) in [5.41, 5.74) is 9.07. The second kappa shape index (κ2) is 5.70. The number of hydrogen-bond acceptors (Lipinski definition) is 2. The van der Waals surface area contributed by atoms with Crippen molar-refractivity contribution in [2.75, 3.05) is 0 Å². The molecule has 0 amide bonds. The van der Waals surface area contributed by atoms with E-state index in [0.29, 0.717) is 16.5 Å². The summed E-state index contributed by atoms with van der Waals surface area (Å²) in [7, 11) is 0. The highest BCUT2D eigenvalue weighted by atomic mass is 35.5. The highest BCUT2D eigenvalue weighted by Crippen LogP contribution is 2.28. The summed E-state index contributed by atoms with van der Waals surface area (Å²) in [5.74, 6) is 0. The van der Waals surface area contributed by atoms with Crippen molar-refractivity contribution in [3.05, 3.63) is 63.4 Å². The molecular weight excluding hydrogens is 267 g/mol. The van der Waals surface area contributed by atoms with E-state index >= 15 is 0 Å². The summed E-state index contributed by atoms with van der Waals surface area (Å²) in [6, 6.07) is 9.25. The van der Waals surface area contributed by atoms with Crippen molar-refractivity contribution in [2.45, 2.75) is 19.4 Å². The number of aromatic nitrogens is 1. The van der Waals surface area contributed by atoms with Crippen LogP contribution in [0.4, 0.5) is 0 Å². The molecule has 0 spiro atoms. The molecule has 94 valence electrons. The van der Waals surface area contributed by atoms with Crippen LogP contribution in [-0.2, 0) is 6.42 Å². The molecule has 1 atom stereocenters. The summed E-state index contributed by atoms with van der Waals surface area (Å²) in [5, 5.41) is 1.31. The maximum absolute atomic E-state index is 6.19. The Labute approximate surface area is 117 Å². The zero-order valence-corrected chi connectivity index (χ0v) is 11.5. The Morgan fingerprint density at radius 3 is 2.50 bits per heavy atom. The van der Waals surface area contributed by atoms with Gasteiger partial charge >= 0.3 is 0 Å². The van der Waals surface area contributed by atoms with Crippen LogP contribution in [0.5, 0.6) is 0 Å². The van der Waals surface area contributed by atoms with Gasteiger partial charge < -0.3 is 5.73 Å². The molecule has 2 aromatic rings. The molecule has 2 nitrogen and oxygen atoms in total. The fourth-order valence-corrected chi connectivity index (χ4v) is 2.41. The van der Waals surface area contributed by atoms with Crippen LogP contribution in [0.1, 0.15) is 22.9 Å². The van der Waals surface area contributed by atoms with E-state index in [1.165, 1.54) is 0 Å². The third kappa shape index (κ3) is 3.02. The average Bonchev–Trinajstić information content (AvgIpc) is 2.34. The molecule has 0 bridgehead atoms. The van der Waals surface area contributed by atoms with Gasteiger partial charge in [0.05, 0.1) is 0 Å². The Kier molecular flexibility index (Phi) is 4.23. The maximum atomic E-state index is 6.19. The van der Waals surface area contributed by atoms with Crippen LogP contribution < -0.4 is 5.73 Å². The number of aryl methyl sites for hydroxylation is 1. The van der Waals surface area contributed by atoms with Crippen LogP contribution in [0.15, 0.2) is 36.5 Å². The number of pyridine rings is 1. The van der Waals surface area contributed by atoms with Gasteiger partial charge in [0.15, 0.2) is 0 Å². The number of halogens is 2. The first-order valence-electron chi connectivity index (χ1n) is 5.69. The molecule has 0 saturated heterocycles. The second-order valence-electron chi connectivity index (χ2n) is 4.24. The van der Waals surface area contributed by atoms with Gasteiger partial charge in [-0.2, -0.15) is 0 Å². The Morgan fingerprint density at radius 1 is 1.22 bits per heavy atom. The van der Waals surface area contributed by atoms with Gasteiger partial charge in [-0.25, -0.2) is 0 Å². The summed E-state index contributed by atoms with van der Waals surface area (Å²) < 4.78 is 0. The van der Waals surface area contributed by atoms with Gasteiger partial charge in [0, 0.05) is 28.0 Å². The Morgan fingerprint density at radius 2 is 1.89 bits per heavy atom. The van der Waals surface area contributed by atoms with Crippen molar-refractivity contribution < 1.29 is 0 Å². The minimum atomic E-state index is -0.135. The largest absolute Gasteiger partial charge is 0.324 e. The lowest BCUT2D eigenvalue weighted by Crippen LogP contribution is -2.14. The van der Waals surface area contributed by atoms with E-state index in [1.54, 1.807) is 6.20 Å². The highest BCUT2D eigenvalue weighted by molar-refractivity contribution is 6.36. The number of benzene rings is 1. The predicted molar refractivity (Wildman–Crippen MR) is 76.1 cm³/mol. The molecule has 0 saturated carbocycles. The quantitative estimate of drug-likeness (QED) is 0.925. The summed E-state index contributed by atoms with van der Waals surface area (Å²) in [6.07, 6.45) is 2.38. The van der Waals surface area contributed by atoms with Crippen molar-refractivity contribution in [1.29, 1.82) is 0 Å². The molecule has 0 aliphatic carbocycles. The zero-order chi connectivity index (χ0) is 13.1. The lowest BCUT2D eigenvalue weighted by molar-refractivity contribution is 0.719. The predicted octanol–water partition coefficient (Wildman–Crippen LogP) is 3.94. The molecule has 4 heteroatoms. The van der Waals surface area contributed by atoms with Gasteiger partial charge in [0.2, 0.25) is 0 Å². The van der Waals surface area contributed by atoms with Crippen molar-refractivity contribution in [3.8, 4) is 0 Å². The Balaban J connectivity index is 2.24. The molecule has 1 unspecified atom stereocenters. The second-order valence-corrected chi connectivity index (χ2v) is 5.06. The number of nitrogens with zero attached hydrogens (tertiary/aromatic N) is 1. The molecule has 2 rings (SSSR count). The monoisotopic (exact) mass is 280 g/mol. The van der Waals surface area contributed by atoms with Crippen LogP contribution in [0.2, 0.25) is 10.0 Å². The first-order chi connectivity index (χ1) is 8.58. The van der Waals surface area contributed by atoms with Crippen LogP contribution in [0.3, 0.4) is 0 Å². The third-order valence-electron chi connectivity index (χ3n) is 2.83. The van der Waals surface area contributed by atoms with E-state index in [0.717, 1.165) is 16.8 Å². The van der Waals surface area contributed by atoms with E-state index in [1.807, 2.05) is 37.3 Å². The van der Waals surface area contributed by atoms with Crippen molar-refractivity contribution in [1.82, 2.24) is 4.98 Å². The Hall–Kier alpha value is -1.09. The molecular formula is C14H14Cl2N2. The summed E-state index contributed by atoms with van der Waals surface area (Å²) in [6.45, 7) is 1.94. The van der Waals surface area contributed by atoms with Gasteiger partial charge in [-0.3, -0.25) is 4.98 Å². The van der Waals surface area contributed by atoms with E-state index in [2.05, 4.69) is 4.98 Å². The van der Waals surface area contributed by atoms with Gasteiger partial charge in [-0.05, 0) is 48.7 Å². The van der Waals surface area contributed by atoms with Crippen molar-refractivity contribution >= 4 is 23.2 Å². The van der Waals surface area contributed by atoms with E-state index in [-0.39, 0.29) is 6.04 Å². The maximum Gasteiger partial charge on any atom is 0.0453 e. The van der Waals surface area contributed by atoms with Crippen LogP contribution in [0, 0.1) is 6.92 Å². The minimum absolute atomic E-state index is 0.135. The molecule has 0 fully saturated rings. The third-order valence-corrected chi connectivity index (χ3v) is 3.54. The average molecular weight is 281 g/mol. The van der Waals surface area contributed by atoms with Gasteiger partial charge in [0.25, 0.3) is 0 Å². The van der Waals surface area contributed by atoms with Crippen LogP contribution >= 0.6 is 23.2 Å². The SMILES string of the molecule is Cc1cc(C(N)Cc2c(Cl)cccc2Cl)ccn1. The molecule has 18 heavy (non-hydrogen) atoms. The zero-order valence-electron chi connectivity index (χ0n) is 10.0. The minimum Gasteiger partial charge on any atom is -0.324 e. The van der Waals surface area contributed by atoms with Crippen LogP contribution in [-0.4, -0.2) is 4.98 Å². The normalized spacial score (nSPS) is 12.4. The fraction of sp³-hybridized carbons (Fsp3) is 0.214. The lowest BCUT2D eigenvalue weighted by atomic mass is 10.00. The number of rotatable bonds is 3. The highest BCUT2D eigenvalue weighted by Gasteiger charge is 2.12. The first-order valence-corrected chi connectivity index (χ1v) is 6.44. The van der Waals surface area contributed by atoms with E-state index in [4.69, 9.17) is 28.9 Å². The molecule has 2 N–H and O–H groups in total. The van der Waals surface area contributed by atoms with Crippen molar-refractivity contribution in [3.63, 3.8) is 0 Å². The smallest absolute Gasteiger partial charge is 0.0453 e. The Bertz CT molecular complexity index is 535. The van der Waals surface area contributed by atoms with Crippen LogP contribution in [0.25, 0.3) is 0 Å². The van der Waals surface area contributed by atoms with Crippen molar-refractivity contribution in [2.24, 2.45) is 5.73 Å². The van der Waals surface area contributed by atoms with Gasteiger partial charge in [0.1, 0.15) is 0 Å². The summed E-state index contributed by atoms with van der Waals surface area (Å²) >= 11 is 12.3. The topological polar surface area (TPSA) is 38.9 Å². The molecule has 0 radical (unpaired) electrons. The number of nitrogens with two attached hydrogens (primary N) is 1. The number of hydrogen-bond donors (Lipinski definition) is 1. The standard InChI is InChI=1S/C14H14Cl2N2/c1-9-7-10(5-6-18-9)14(17)8-11-12(15)3-2-4-13(11)16/h2-7,14H,8,17H2,1H3.